The molecule has 0 aliphatic carbocycles. The largest absolute Gasteiger partial charge is 0.492 e. The first-order chi connectivity index (χ1) is 14.0. The van der Waals surface area contributed by atoms with Crippen LogP contribution in [0.3, 0.4) is 0 Å². The molecule has 0 bridgehead atoms. The molecule has 8 heteroatoms. The van der Waals surface area contributed by atoms with Crippen molar-refractivity contribution in [2.24, 2.45) is 0 Å². The zero-order chi connectivity index (χ0) is 20.9. The number of nitrogens with zero attached hydrogens (tertiary/aromatic N) is 1. The molecule has 2 unspecified atom stereocenters. The number of nitrogens with one attached hydrogen (secondary N) is 2. The molecule has 0 saturated carbocycles. The lowest BCUT2D eigenvalue weighted by Crippen LogP contribution is -2.61. The molecule has 0 radical (unpaired) electrons. The SMILES string of the molecule is CCCC1(CC)NC=CC(=O)N1CCOc1ccc(CC2SC(=O)NC2=O)cc1. The third kappa shape index (κ3) is 4.93. The van der Waals surface area contributed by atoms with E-state index in [9.17, 15) is 14.4 Å². The van der Waals surface area contributed by atoms with Gasteiger partial charge in [-0.05, 0) is 37.0 Å². The molecule has 1 fully saturated rings. The van der Waals surface area contributed by atoms with Crippen molar-refractivity contribution in [2.45, 2.75) is 50.4 Å². The van der Waals surface area contributed by atoms with E-state index in [1.165, 1.54) is 0 Å². The van der Waals surface area contributed by atoms with Gasteiger partial charge in [-0.25, -0.2) is 0 Å². The van der Waals surface area contributed by atoms with Gasteiger partial charge in [0.05, 0.1) is 11.8 Å². The summed E-state index contributed by atoms with van der Waals surface area (Å²) in [5, 5.41) is 5.01. The highest BCUT2D eigenvalue weighted by molar-refractivity contribution is 8.15. The first-order valence-electron chi connectivity index (χ1n) is 9.96. The number of benzene rings is 1. The highest BCUT2D eigenvalue weighted by atomic mass is 32.2. The zero-order valence-electron chi connectivity index (χ0n) is 16.8. The summed E-state index contributed by atoms with van der Waals surface area (Å²) in [5.74, 6) is 0.472. The van der Waals surface area contributed by atoms with Gasteiger partial charge in [0.15, 0.2) is 0 Å². The second kappa shape index (κ2) is 9.35. The lowest BCUT2D eigenvalue weighted by atomic mass is 9.97. The quantitative estimate of drug-likeness (QED) is 0.642. The summed E-state index contributed by atoms with van der Waals surface area (Å²) in [5.41, 5.74) is 0.610. The Morgan fingerprint density at radius 3 is 2.55 bits per heavy atom. The standard InChI is InChI=1S/C21H27N3O4S/c1-3-10-21(4-2)22-11-9-18(25)24(21)12-13-28-16-7-5-15(6-8-16)14-17-19(26)23-20(27)29-17/h5-9,11,17,22H,3-4,10,12-14H2,1-2H3,(H,23,26,27). The van der Waals surface area contributed by atoms with E-state index in [0.29, 0.717) is 25.3 Å². The number of carbonyl (C=O) groups excluding carboxylic acids is 3. The van der Waals surface area contributed by atoms with Crippen LogP contribution in [0.4, 0.5) is 4.79 Å². The van der Waals surface area contributed by atoms with Crippen molar-refractivity contribution >= 4 is 28.8 Å². The summed E-state index contributed by atoms with van der Waals surface area (Å²) in [7, 11) is 0. The average Bonchev–Trinajstić information content (AvgIpc) is 3.02. The van der Waals surface area contributed by atoms with Crippen LogP contribution in [-0.2, 0) is 16.0 Å². The molecule has 156 valence electrons. The van der Waals surface area contributed by atoms with E-state index in [1.807, 2.05) is 29.2 Å². The average molecular weight is 418 g/mol. The van der Waals surface area contributed by atoms with Gasteiger partial charge >= 0.3 is 0 Å². The predicted octanol–water partition coefficient (Wildman–Crippen LogP) is 2.81. The fraction of sp³-hybridized carbons (Fsp3) is 0.476. The molecule has 2 N–H and O–H groups in total. The molecule has 3 rings (SSSR count). The van der Waals surface area contributed by atoms with E-state index in [0.717, 1.165) is 36.6 Å². The van der Waals surface area contributed by atoms with Crippen molar-refractivity contribution in [3.05, 3.63) is 42.1 Å². The summed E-state index contributed by atoms with van der Waals surface area (Å²) in [6.07, 6.45) is 6.47. The molecule has 0 spiro atoms. The van der Waals surface area contributed by atoms with Crippen LogP contribution in [0.5, 0.6) is 5.75 Å². The van der Waals surface area contributed by atoms with Gasteiger partial charge in [0.2, 0.25) is 11.8 Å². The molecule has 2 atom stereocenters. The zero-order valence-corrected chi connectivity index (χ0v) is 17.6. The van der Waals surface area contributed by atoms with Gasteiger partial charge in [0, 0.05) is 12.3 Å². The van der Waals surface area contributed by atoms with Crippen LogP contribution in [0.1, 0.15) is 38.7 Å². The highest BCUT2D eigenvalue weighted by Crippen LogP contribution is 2.26. The molecule has 1 saturated heterocycles. The van der Waals surface area contributed by atoms with Crippen LogP contribution in [-0.4, -0.2) is 46.0 Å². The number of rotatable bonds is 9. The van der Waals surface area contributed by atoms with Crippen molar-refractivity contribution < 1.29 is 19.1 Å². The number of ether oxygens (including phenoxy) is 1. The maximum atomic E-state index is 12.4. The minimum Gasteiger partial charge on any atom is -0.492 e. The number of amides is 3. The van der Waals surface area contributed by atoms with Gasteiger partial charge in [-0.3, -0.25) is 19.7 Å². The molecule has 2 aliphatic rings. The number of hydrogen-bond acceptors (Lipinski definition) is 6. The Hall–Kier alpha value is -2.48. The maximum absolute atomic E-state index is 12.4. The molecule has 2 heterocycles. The van der Waals surface area contributed by atoms with E-state index in [4.69, 9.17) is 4.74 Å². The van der Waals surface area contributed by atoms with E-state index in [1.54, 1.807) is 12.3 Å². The van der Waals surface area contributed by atoms with Crippen LogP contribution in [0.15, 0.2) is 36.5 Å². The van der Waals surface area contributed by atoms with Gasteiger partial charge in [-0.15, -0.1) is 0 Å². The molecule has 29 heavy (non-hydrogen) atoms. The molecule has 2 aliphatic heterocycles. The number of hydrogen-bond donors (Lipinski definition) is 2. The number of imide groups is 1. The normalized spacial score (nSPS) is 23.9. The van der Waals surface area contributed by atoms with E-state index < -0.39 is 0 Å². The fourth-order valence-electron chi connectivity index (χ4n) is 3.78. The topological polar surface area (TPSA) is 87.7 Å². The van der Waals surface area contributed by atoms with E-state index in [2.05, 4.69) is 24.5 Å². The van der Waals surface area contributed by atoms with Crippen LogP contribution in [0.2, 0.25) is 0 Å². The van der Waals surface area contributed by atoms with Crippen molar-refractivity contribution in [3.8, 4) is 5.75 Å². The molecule has 7 nitrogen and oxygen atoms in total. The number of thioether (sulfide) groups is 1. The minimum absolute atomic E-state index is 0.000106. The Morgan fingerprint density at radius 1 is 1.17 bits per heavy atom. The number of carbonyl (C=O) groups is 3. The summed E-state index contributed by atoms with van der Waals surface area (Å²) in [6, 6.07) is 7.50. The van der Waals surface area contributed by atoms with Crippen LogP contribution in [0.25, 0.3) is 0 Å². The van der Waals surface area contributed by atoms with Crippen molar-refractivity contribution in [2.75, 3.05) is 13.2 Å². The van der Waals surface area contributed by atoms with Gasteiger partial charge in [0.1, 0.15) is 18.0 Å². The Balaban J connectivity index is 1.54. The van der Waals surface area contributed by atoms with Crippen molar-refractivity contribution in [1.29, 1.82) is 0 Å². The van der Waals surface area contributed by atoms with Crippen molar-refractivity contribution in [1.82, 2.24) is 15.5 Å². The van der Waals surface area contributed by atoms with Crippen LogP contribution in [0, 0.1) is 0 Å². The van der Waals surface area contributed by atoms with E-state index >= 15 is 0 Å². The second-order valence-corrected chi connectivity index (χ2v) is 8.36. The summed E-state index contributed by atoms with van der Waals surface area (Å²) in [4.78, 5) is 37.2. The molecule has 1 aromatic carbocycles. The molecule has 3 amide bonds. The summed E-state index contributed by atoms with van der Waals surface area (Å²) >= 11 is 1.03. The van der Waals surface area contributed by atoms with Crippen molar-refractivity contribution in [3.63, 3.8) is 0 Å². The maximum Gasteiger partial charge on any atom is 0.286 e. The van der Waals surface area contributed by atoms with Crippen LogP contribution >= 0.6 is 11.8 Å². The Bertz CT molecular complexity index is 796. The monoisotopic (exact) mass is 417 g/mol. The third-order valence-corrected chi connectivity index (χ3v) is 6.29. The smallest absolute Gasteiger partial charge is 0.286 e. The second-order valence-electron chi connectivity index (χ2n) is 7.18. The van der Waals surface area contributed by atoms with Crippen LogP contribution < -0.4 is 15.4 Å². The molecule has 0 aromatic heterocycles. The van der Waals surface area contributed by atoms with Gasteiger partial charge in [0.25, 0.3) is 5.24 Å². The lowest BCUT2D eigenvalue weighted by Gasteiger charge is -2.45. The molecule has 1 aromatic rings. The predicted molar refractivity (Wildman–Crippen MR) is 112 cm³/mol. The van der Waals surface area contributed by atoms with Gasteiger partial charge in [-0.2, -0.15) is 0 Å². The first kappa shape index (κ1) is 21.2. The Morgan fingerprint density at radius 2 is 1.93 bits per heavy atom. The highest BCUT2D eigenvalue weighted by Gasteiger charge is 2.37. The van der Waals surface area contributed by atoms with Gasteiger partial charge < -0.3 is 15.0 Å². The van der Waals surface area contributed by atoms with E-state index in [-0.39, 0.29) is 28.0 Å². The lowest BCUT2D eigenvalue weighted by molar-refractivity contribution is -0.136. The van der Waals surface area contributed by atoms with Gasteiger partial charge in [-0.1, -0.05) is 44.2 Å². The Labute approximate surface area is 175 Å². The third-order valence-electron chi connectivity index (χ3n) is 5.30. The summed E-state index contributed by atoms with van der Waals surface area (Å²) in [6.45, 7) is 5.08. The minimum atomic E-state index is -0.374. The molecular weight excluding hydrogens is 390 g/mol. The Kier molecular flexibility index (Phi) is 6.84. The first-order valence-corrected chi connectivity index (χ1v) is 10.8. The fourth-order valence-corrected chi connectivity index (χ4v) is 4.64. The molecular formula is C21H27N3O4S. The summed E-state index contributed by atoms with van der Waals surface area (Å²) < 4.78 is 5.85.